The number of hydrogen-bond donors (Lipinski definition) is 2. The van der Waals surface area contributed by atoms with Crippen LogP contribution in [0.1, 0.15) is 25.3 Å². The molecule has 0 radical (unpaired) electrons. The molecule has 0 saturated carbocycles. The number of hydrogen-bond acceptors (Lipinski definition) is 4. The molecular formula is C15H19N3O2. The van der Waals surface area contributed by atoms with Crippen LogP contribution in [0.2, 0.25) is 0 Å². The zero-order chi connectivity index (χ0) is 14.5. The fourth-order valence-corrected chi connectivity index (χ4v) is 2.59. The van der Waals surface area contributed by atoms with Gasteiger partial charge in [-0.1, -0.05) is 0 Å². The lowest BCUT2D eigenvalue weighted by molar-refractivity contribution is -0.121. The van der Waals surface area contributed by atoms with Crippen LogP contribution in [-0.2, 0) is 4.79 Å². The molecule has 1 aromatic carbocycles. The second-order valence-corrected chi connectivity index (χ2v) is 5.07. The zero-order valence-corrected chi connectivity index (χ0v) is 11.5. The number of carbonyl (C=O) groups is 1. The lowest BCUT2D eigenvalue weighted by Gasteiger charge is -2.28. The van der Waals surface area contributed by atoms with E-state index in [0.717, 1.165) is 19.4 Å². The molecule has 2 unspecified atom stereocenters. The minimum Gasteiger partial charge on any atom is -0.395 e. The number of rotatable bonds is 4. The predicted octanol–water partition coefficient (Wildman–Crippen LogP) is 1.34. The second kappa shape index (κ2) is 6.51. The van der Waals surface area contributed by atoms with E-state index in [4.69, 9.17) is 5.26 Å². The molecule has 5 nitrogen and oxygen atoms in total. The maximum atomic E-state index is 12.2. The van der Waals surface area contributed by atoms with Crippen LogP contribution in [0.3, 0.4) is 0 Å². The molecule has 1 saturated heterocycles. The Hall–Kier alpha value is -1.90. The molecule has 106 valence electrons. The van der Waals surface area contributed by atoms with Crippen molar-refractivity contribution in [2.24, 2.45) is 0 Å². The number of carbonyl (C=O) groups excluding carboxylic acids is 1. The van der Waals surface area contributed by atoms with E-state index in [1.165, 1.54) is 0 Å². The van der Waals surface area contributed by atoms with Gasteiger partial charge in [-0.3, -0.25) is 9.69 Å². The molecule has 0 bridgehead atoms. The van der Waals surface area contributed by atoms with Crippen molar-refractivity contribution in [2.75, 3.05) is 18.5 Å². The summed E-state index contributed by atoms with van der Waals surface area (Å²) in [6.07, 6.45) is 1.95. The Morgan fingerprint density at radius 2 is 2.25 bits per heavy atom. The average Bonchev–Trinajstić information content (AvgIpc) is 2.95. The van der Waals surface area contributed by atoms with E-state index >= 15 is 0 Å². The molecule has 1 heterocycles. The minimum atomic E-state index is -0.273. The fourth-order valence-electron chi connectivity index (χ4n) is 2.59. The number of benzene rings is 1. The summed E-state index contributed by atoms with van der Waals surface area (Å²) in [4.78, 5) is 14.3. The van der Waals surface area contributed by atoms with Crippen molar-refractivity contribution >= 4 is 11.6 Å². The number of nitriles is 1. The topological polar surface area (TPSA) is 76.4 Å². The normalized spacial score (nSPS) is 20.4. The van der Waals surface area contributed by atoms with Gasteiger partial charge in [0.15, 0.2) is 0 Å². The number of nitrogens with zero attached hydrogens (tertiary/aromatic N) is 2. The first-order valence-corrected chi connectivity index (χ1v) is 6.83. The van der Waals surface area contributed by atoms with Gasteiger partial charge < -0.3 is 10.4 Å². The molecule has 1 fully saturated rings. The summed E-state index contributed by atoms with van der Waals surface area (Å²) in [6.45, 7) is 2.79. The van der Waals surface area contributed by atoms with Crippen LogP contribution in [0.5, 0.6) is 0 Å². The fraction of sp³-hybridized carbons (Fsp3) is 0.467. The van der Waals surface area contributed by atoms with Crippen LogP contribution in [0.25, 0.3) is 0 Å². The number of nitrogens with one attached hydrogen (secondary N) is 1. The summed E-state index contributed by atoms with van der Waals surface area (Å²) < 4.78 is 0. The van der Waals surface area contributed by atoms with Crippen LogP contribution in [0, 0.1) is 11.3 Å². The van der Waals surface area contributed by atoms with Crippen molar-refractivity contribution in [2.45, 2.75) is 31.8 Å². The van der Waals surface area contributed by atoms with Gasteiger partial charge in [-0.2, -0.15) is 5.26 Å². The number of anilines is 1. The first-order chi connectivity index (χ1) is 9.65. The van der Waals surface area contributed by atoms with Crippen molar-refractivity contribution in [3.63, 3.8) is 0 Å². The van der Waals surface area contributed by atoms with Gasteiger partial charge in [0.1, 0.15) is 0 Å². The molecule has 1 aliphatic rings. The van der Waals surface area contributed by atoms with E-state index in [-0.39, 0.29) is 24.6 Å². The monoisotopic (exact) mass is 273 g/mol. The molecule has 2 atom stereocenters. The van der Waals surface area contributed by atoms with Crippen molar-refractivity contribution in [3.8, 4) is 6.07 Å². The van der Waals surface area contributed by atoms with E-state index in [1.807, 2.05) is 17.9 Å². The van der Waals surface area contributed by atoms with Crippen molar-refractivity contribution in [3.05, 3.63) is 29.8 Å². The van der Waals surface area contributed by atoms with Gasteiger partial charge in [0.05, 0.1) is 24.3 Å². The lowest BCUT2D eigenvalue weighted by Crippen LogP contribution is -2.45. The molecule has 0 aliphatic carbocycles. The Balaban J connectivity index is 1.98. The maximum Gasteiger partial charge on any atom is 0.241 e. The molecule has 2 rings (SSSR count). The van der Waals surface area contributed by atoms with Crippen LogP contribution in [0.15, 0.2) is 24.3 Å². The van der Waals surface area contributed by atoms with E-state index in [1.54, 1.807) is 24.3 Å². The third-order valence-corrected chi connectivity index (χ3v) is 3.79. The first kappa shape index (κ1) is 14.5. The van der Waals surface area contributed by atoms with E-state index in [9.17, 15) is 9.90 Å². The molecular weight excluding hydrogens is 254 g/mol. The van der Waals surface area contributed by atoms with E-state index < -0.39 is 0 Å². The largest absolute Gasteiger partial charge is 0.395 e. The lowest BCUT2D eigenvalue weighted by atomic mass is 10.2. The van der Waals surface area contributed by atoms with Gasteiger partial charge in [-0.25, -0.2) is 0 Å². The molecule has 5 heteroatoms. The zero-order valence-electron chi connectivity index (χ0n) is 11.5. The Bertz CT molecular complexity index is 507. The number of aliphatic hydroxyl groups is 1. The third kappa shape index (κ3) is 3.16. The molecule has 1 aromatic rings. The highest BCUT2D eigenvalue weighted by molar-refractivity contribution is 5.94. The average molecular weight is 273 g/mol. The van der Waals surface area contributed by atoms with Gasteiger partial charge in [-0.15, -0.1) is 0 Å². The maximum absolute atomic E-state index is 12.2. The molecule has 0 aromatic heterocycles. The van der Waals surface area contributed by atoms with Gasteiger partial charge in [-0.05, 0) is 50.6 Å². The SMILES string of the molecule is CC(C(=O)Nc1ccc(C#N)cc1)N1CCCC1CO. The molecule has 1 aliphatic heterocycles. The van der Waals surface area contributed by atoms with Crippen molar-refractivity contribution in [1.29, 1.82) is 5.26 Å². The summed E-state index contributed by atoms with van der Waals surface area (Å²) in [5.41, 5.74) is 1.25. The van der Waals surface area contributed by atoms with Crippen LogP contribution >= 0.6 is 0 Å². The molecule has 1 amide bonds. The summed E-state index contributed by atoms with van der Waals surface area (Å²) in [6, 6.07) is 8.63. The smallest absolute Gasteiger partial charge is 0.241 e. The molecule has 20 heavy (non-hydrogen) atoms. The van der Waals surface area contributed by atoms with Crippen LogP contribution in [-0.4, -0.2) is 41.1 Å². The first-order valence-electron chi connectivity index (χ1n) is 6.83. The quantitative estimate of drug-likeness (QED) is 0.868. The Kier molecular flexibility index (Phi) is 4.72. The third-order valence-electron chi connectivity index (χ3n) is 3.79. The van der Waals surface area contributed by atoms with Crippen LogP contribution < -0.4 is 5.32 Å². The molecule has 0 spiro atoms. The number of likely N-dealkylation sites (tertiary alicyclic amines) is 1. The Morgan fingerprint density at radius 1 is 1.55 bits per heavy atom. The summed E-state index contributed by atoms with van der Waals surface area (Å²) >= 11 is 0. The van der Waals surface area contributed by atoms with Gasteiger partial charge in [0, 0.05) is 11.7 Å². The Morgan fingerprint density at radius 3 is 2.85 bits per heavy atom. The molecule has 2 N–H and O–H groups in total. The van der Waals surface area contributed by atoms with E-state index in [0.29, 0.717) is 11.3 Å². The highest BCUT2D eigenvalue weighted by Crippen LogP contribution is 2.20. The number of amides is 1. The summed E-state index contributed by atoms with van der Waals surface area (Å²) in [5.74, 6) is -0.0879. The Labute approximate surface area is 118 Å². The van der Waals surface area contributed by atoms with Gasteiger partial charge in [0.2, 0.25) is 5.91 Å². The van der Waals surface area contributed by atoms with Crippen LogP contribution in [0.4, 0.5) is 5.69 Å². The van der Waals surface area contributed by atoms with E-state index in [2.05, 4.69) is 5.32 Å². The highest BCUT2D eigenvalue weighted by atomic mass is 16.3. The summed E-state index contributed by atoms with van der Waals surface area (Å²) in [5, 5.41) is 20.9. The number of aliphatic hydroxyl groups excluding tert-OH is 1. The standard InChI is InChI=1S/C15H19N3O2/c1-11(18-8-2-3-14(18)10-19)15(20)17-13-6-4-12(9-16)5-7-13/h4-7,11,14,19H,2-3,8,10H2,1H3,(H,17,20). The highest BCUT2D eigenvalue weighted by Gasteiger charge is 2.31. The summed E-state index contributed by atoms with van der Waals surface area (Å²) in [7, 11) is 0. The van der Waals surface area contributed by atoms with Crippen molar-refractivity contribution < 1.29 is 9.90 Å². The van der Waals surface area contributed by atoms with Gasteiger partial charge in [0.25, 0.3) is 0 Å². The van der Waals surface area contributed by atoms with Gasteiger partial charge >= 0.3 is 0 Å². The van der Waals surface area contributed by atoms with Crippen molar-refractivity contribution in [1.82, 2.24) is 4.90 Å². The predicted molar refractivity (Wildman–Crippen MR) is 76.1 cm³/mol. The second-order valence-electron chi connectivity index (χ2n) is 5.07. The minimum absolute atomic E-state index is 0.0803.